The number of nitrogens with zero attached hydrogens (tertiary/aromatic N) is 1. The molecular weight excluding hydrogens is 354 g/mol. The third-order valence-electron chi connectivity index (χ3n) is 5.93. The van der Waals surface area contributed by atoms with Crippen molar-refractivity contribution in [1.82, 2.24) is 4.90 Å². The van der Waals surface area contributed by atoms with E-state index < -0.39 is 14.0 Å². The zero-order chi connectivity index (χ0) is 19.9. The van der Waals surface area contributed by atoms with Crippen molar-refractivity contribution in [3.63, 3.8) is 0 Å². The van der Waals surface area contributed by atoms with E-state index in [1.807, 2.05) is 48.5 Å². The molecule has 144 valence electrons. The van der Waals surface area contributed by atoms with Crippen molar-refractivity contribution in [2.45, 2.75) is 44.6 Å². The van der Waals surface area contributed by atoms with Crippen LogP contribution in [0, 0.1) is 0 Å². The van der Waals surface area contributed by atoms with Crippen molar-refractivity contribution in [2.75, 3.05) is 13.2 Å². The first-order chi connectivity index (χ1) is 12.6. The minimum absolute atomic E-state index is 0.0979. The molecule has 1 atom stereocenters. The molecule has 2 aromatic rings. The molecule has 1 unspecified atom stereocenters. The van der Waals surface area contributed by atoms with Crippen LogP contribution in [-0.2, 0) is 10.2 Å². The molecule has 1 N–H and O–H groups in total. The fraction of sp³-hybridized carbons (Fsp3) is 0.409. The Kier molecular flexibility index (Phi) is 5.05. The molecule has 0 fully saturated rings. The van der Waals surface area contributed by atoms with Crippen LogP contribution in [0.25, 0.3) is 0 Å². The molecule has 1 aliphatic rings. The number of hydrogen-bond donors (Lipinski definition) is 1. The van der Waals surface area contributed by atoms with E-state index in [9.17, 15) is 9.90 Å². The molecule has 3 rings (SSSR count). The normalized spacial score (nSPS) is 20.1. The summed E-state index contributed by atoms with van der Waals surface area (Å²) < 4.78 is 6.27. The van der Waals surface area contributed by atoms with Crippen molar-refractivity contribution in [3.8, 4) is 0 Å². The summed E-state index contributed by atoms with van der Waals surface area (Å²) in [6, 6.07) is 16.7. The average Bonchev–Trinajstić information content (AvgIpc) is 2.84. The fourth-order valence-corrected chi connectivity index (χ4v) is 4.30. The maximum absolute atomic E-state index is 13.1. The molecule has 2 aromatic carbocycles. The van der Waals surface area contributed by atoms with Crippen LogP contribution in [-0.4, -0.2) is 37.4 Å². The maximum Gasteiger partial charge on any atom is 0.257 e. The van der Waals surface area contributed by atoms with Gasteiger partial charge in [0.05, 0.1) is 6.61 Å². The van der Waals surface area contributed by atoms with Gasteiger partial charge in [-0.05, 0) is 24.2 Å². The summed E-state index contributed by atoms with van der Waals surface area (Å²) in [6.07, 6.45) is 0. The zero-order valence-corrected chi connectivity index (χ0v) is 17.8. The molecule has 1 heterocycles. The van der Waals surface area contributed by atoms with Crippen molar-refractivity contribution >= 4 is 14.2 Å². The van der Waals surface area contributed by atoms with E-state index in [4.69, 9.17) is 4.43 Å². The summed E-state index contributed by atoms with van der Waals surface area (Å²) in [5.74, 6) is -0.157. The van der Waals surface area contributed by atoms with E-state index in [1.54, 1.807) is 11.0 Å². The third kappa shape index (κ3) is 3.35. The highest BCUT2D eigenvalue weighted by Crippen LogP contribution is 2.42. The molecule has 0 saturated carbocycles. The average molecular weight is 384 g/mol. The topological polar surface area (TPSA) is 49.8 Å². The molecule has 5 heteroatoms. The monoisotopic (exact) mass is 383 g/mol. The molecule has 0 spiro atoms. The van der Waals surface area contributed by atoms with Crippen LogP contribution in [0.2, 0.25) is 18.1 Å². The lowest BCUT2D eigenvalue weighted by molar-refractivity contribution is -0.0543. The van der Waals surface area contributed by atoms with Crippen LogP contribution in [0.3, 0.4) is 0 Å². The van der Waals surface area contributed by atoms with Crippen LogP contribution in [0.1, 0.15) is 42.3 Å². The Morgan fingerprint density at radius 1 is 1.04 bits per heavy atom. The van der Waals surface area contributed by atoms with Gasteiger partial charge >= 0.3 is 0 Å². The van der Waals surface area contributed by atoms with E-state index in [0.29, 0.717) is 29.8 Å². The molecule has 0 saturated heterocycles. The predicted molar refractivity (Wildman–Crippen MR) is 110 cm³/mol. The lowest BCUT2D eigenvalue weighted by Crippen LogP contribution is -2.48. The minimum atomic E-state index is -1.92. The Morgan fingerprint density at radius 3 is 2.26 bits per heavy atom. The molecular formula is C22H29NO3Si. The molecule has 1 aliphatic heterocycles. The lowest BCUT2D eigenvalue weighted by atomic mass is 9.94. The first-order valence-electron chi connectivity index (χ1n) is 9.42. The molecule has 4 nitrogen and oxygen atoms in total. The van der Waals surface area contributed by atoms with Crippen LogP contribution >= 0.6 is 0 Å². The van der Waals surface area contributed by atoms with Gasteiger partial charge in [-0.2, -0.15) is 0 Å². The standard InChI is InChI=1S/C22H29NO3Si/c1-21(2,3)27(4,5)26-16-15-23-20(24)18-13-9-10-14-19(18)22(23,25)17-11-7-6-8-12-17/h6-14,25H,15-16H2,1-5H3. The van der Waals surface area contributed by atoms with E-state index in [2.05, 4.69) is 33.9 Å². The molecule has 0 aromatic heterocycles. The Bertz CT molecular complexity index is 829. The Labute approximate surface area is 162 Å². The number of rotatable bonds is 5. The molecule has 0 aliphatic carbocycles. The van der Waals surface area contributed by atoms with Gasteiger partial charge in [0.1, 0.15) is 0 Å². The second-order valence-electron chi connectivity index (χ2n) is 8.65. The summed E-state index contributed by atoms with van der Waals surface area (Å²) in [6.45, 7) is 11.7. The van der Waals surface area contributed by atoms with Gasteiger partial charge in [0.15, 0.2) is 14.0 Å². The highest BCUT2D eigenvalue weighted by atomic mass is 28.4. The first-order valence-corrected chi connectivity index (χ1v) is 12.3. The predicted octanol–water partition coefficient (Wildman–Crippen LogP) is 4.36. The Balaban J connectivity index is 1.91. The highest BCUT2D eigenvalue weighted by molar-refractivity contribution is 6.74. The maximum atomic E-state index is 13.1. The highest BCUT2D eigenvalue weighted by Gasteiger charge is 2.49. The van der Waals surface area contributed by atoms with Crippen molar-refractivity contribution < 1.29 is 14.3 Å². The SMILES string of the molecule is CC(C)(C)[Si](C)(C)OCCN1C(=O)c2ccccc2C1(O)c1ccccc1. The molecule has 1 amide bonds. The first kappa shape index (κ1) is 19.8. The largest absolute Gasteiger partial charge is 0.415 e. The van der Waals surface area contributed by atoms with Gasteiger partial charge in [-0.25, -0.2) is 0 Å². The number of aliphatic hydroxyl groups is 1. The second kappa shape index (κ2) is 6.89. The van der Waals surface area contributed by atoms with Crippen LogP contribution in [0.15, 0.2) is 54.6 Å². The lowest BCUT2D eigenvalue weighted by Gasteiger charge is -2.38. The number of benzene rings is 2. The molecule has 27 heavy (non-hydrogen) atoms. The smallest absolute Gasteiger partial charge is 0.257 e. The van der Waals surface area contributed by atoms with Crippen molar-refractivity contribution in [3.05, 3.63) is 71.3 Å². The van der Waals surface area contributed by atoms with Gasteiger partial charge in [-0.15, -0.1) is 0 Å². The summed E-state index contributed by atoms with van der Waals surface area (Å²) in [4.78, 5) is 14.6. The van der Waals surface area contributed by atoms with Crippen LogP contribution in [0.5, 0.6) is 0 Å². The molecule has 0 bridgehead atoms. The number of carbonyl (C=O) groups excluding carboxylic acids is 1. The van der Waals surface area contributed by atoms with Crippen LogP contribution < -0.4 is 0 Å². The summed E-state index contributed by atoms with van der Waals surface area (Å²) >= 11 is 0. The fourth-order valence-electron chi connectivity index (χ4n) is 3.27. The Morgan fingerprint density at radius 2 is 1.63 bits per heavy atom. The summed E-state index contributed by atoms with van der Waals surface area (Å²) in [5, 5.41) is 11.8. The van der Waals surface area contributed by atoms with Gasteiger partial charge in [-0.3, -0.25) is 4.79 Å². The quantitative estimate of drug-likeness (QED) is 0.781. The van der Waals surface area contributed by atoms with E-state index in [1.165, 1.54) is 0 Å². The summed E-state index contributed by atoms with van der Waals surface area (Å²) in [5.41, 5.74) is 0.409. The number of fused-ring (bicyclic) bond motifs is 1. The van der Waals surface area contributed by atoms with Crippen LogP contribution in [0.4, 0.5) is 0 Å². The second-order valence-corrected chi connectivity index (χ2v) is 13.5. The van der Waals surface area contributed by atoms with Gasteiger partial charge in [0.25, 0.3) is 5.91 Å². The van der Waals surface area contributed by atoms with Crippen molar-refractivity contribution in [2.24, 2.45) is 0 Å². The number of hydrogen-bond acceptors (Lipinski definition) is 3. The molecule has 0 radical (unpaired) electrons. The van der Waals surface area contributed by atoms with E-state index in [0.717, 1.165) is 0 Å². The minimum Gasteiger partial charge on any atom is -0.415 e. The number of amides is 1. The Hall–Kier alpha value is -1.95. The third-order valence-corrected chi connectivity index (χ3v) is 10.5. The van der Waals surface area contributed by atoms with Crippen molar-refractivity contribution in [1.29, 1.82) is 0 Å². The zero-order valence-electron chi connectivity index (χ0n) is 16.8. The summed E-state index contributed by atoms with van der Waals surface area (Å²) in [7, 11) is -1.92. The van der Waals surface area contributed by atoms with Gasteiger partial charge in [-0.1, -0.05) is 69.3 Å². The van der Waals surface area contributed by atoms with Gasteiger partial charge in [0, 0.05) is 23.2 Å². The van der Waals surface area contributed by atoms with Gasteiger partial charge in [0.2, 0.25) is 0 Å². The van der Waals surface area contributed by atoms with E-state index >= 15 is 0 Å². The number of carbonyl (C=O) groups is 1. The van der Waals surface area contributed by atoms with E-state index in [-0.39, 0.29) is 10.9 Å². The van der Waals surface area contributed by atoms with Gasteiger partial charge < -0.3 is 14.4 Å².